The van der Waals surface area contributed by atoms with Gasteiger partial charge in [0.25, 0.3) is 0 Å². The number of pyridine rings is 1. The molecule has 1 rings (SSSR count). The van der Waals surface area contributed by atoms with Crippen LogP contribution in [-0.2, 0) is 11.8 Å². The van der Waals surface area contributed by atoms with Crippen LogP contribution in [0.1, 0.15) is 18.1 Å². The average Bonchev–Trinajstić information content (AvgIpc) is 2.25. The summed E-state index contributed by atoms with van der Waals surface area (Å²) < 4.78 is 76.7. The first-order valence-electron chi connectivity index (χ1n) is 4.98. The molecule has 1 aromatic rings. The summed E-state index contributed by atoms with van der Waals surface area (Å²) in [4.78, 5) is 3.21. The molecule has 0 aliphatic carbocycles. The molecule has 3 N–H and O–H groups in total. The Bertz CT molecular complexity index is 456. The quantitative estimate of drug-likeness (QED) is 0.820. The SMILES string of the molecule is CC(N)C(O)(c1cnccc1C(F)(F)F)C(F)(F)F. The summed E-state index contributed by atoms with van der Waals surface area (Å²) in [6, 6.07) is -1.65. The predicted molar refractivity (Wildman–Crippen MR) is 52.8 cm³/mol. The van der Waals surface area contributed by atoms with Crippen LogP contribution in [0.2, 0.25) is 0 Å². The summed E-state index contributed by atoms with van der Waals surface area (Å²) in [5.74, 6) is 0. The van der Waals surface area contributed by atoms with Crippen molar-refractivity contribution < 1.29 is 31.4 Å². The Hall–Kier alpha value is -1.35. The van der Waals surface area contributed by atoms with E-state index < -0.39 is 35.1 Å². The lowest BCUT2D eigenvalue weighted by molar-refractivity contribution is -0.274. The van der Waals surface area contributed by atoms with Gasteiger partial charge in [0.1, 0.15) is 0 Å². The molecule has 1 aromatic heterocycles. The standard InChI is InChI=1S/C10H10F6N2O/c1-5(17)8(19,10(14,15)16)7-4-18-3-2-6(7)9(11,12)13/h2-5,19H,17H2,1H3. The third-order valence-electron chi connectivity index (χ3n) is 2.63. The van der Waals surface area contributed by atoms with Crippen molar-refractivity contribution in [2.75, 3.05) is 0 Å². The van der Waals surface area contributed by atoms with E-state index in [1.54, 1.807) is 0 Å². The van der Waals surface area contributed by atoms with Crippen molar-refractivity contribution in [2.24, 2.45) is 5.73 Å². The van der Waals surface area contributed by atoms with Crippen LogP contribution in [0.3, 0.4) is 0 Å². The van der Waals surface area contributed by atoms with Crippen LogP contribution in [-0.4, -0.2) is 22.3 Å². The van der Waals surface area contributed by atoms with E-state index in [1.165, 1.54) is 0 Å². The number of nitrogens with two attached hydrogens (primary N) is 1. The van der Waals surface area contributed by atoms with Crippen molar-refractivity contribution in [3.8, 4) is 0 Å². The number of hydrogen-bond donors (Lipinski definition) is 2. The lowest BCUT2D eigenvalue weighted by Gasteiger charge is -2.35. The topological polar surface area (TPSA) is 59.1 Å². The first-order chi connectivity index (χ1) is 8.42. The zero-order valence-electron chi connectivity index (χ0n) is 9.55. The zero-order chi connectivity index (χ0) is 15.1. The van der Waals surface area contributed by atoms with E-state index in [1.807, 2.05) is 0 Å². The van der Waals surface area contributed by atoms with Crippen molar-refractivity contribution >= 4 is 0 Å². The Kier molecular flexibility index (Phi) is 3.83. The molecule has 19 heavy (non-hydrogen) atoms. The molecule has 0 aliphatic rings. The first kappa shape index (κ1) is 15.7. The van der Waals surface area contributed by atoms with Crippen LogP contribution < -0.4 is 5.73 Å². The third-order valence-corrected chi connectivity index (χ3v) is 2.63. The molecule has 0 fully saturated rings. The van der Waals surface area contributed by atoms with Gasteiger partial charge in [0.2, 0.25) is 5.60 Å². The molecule has 0 amide bonds. The molecule has 0 bridgehead atoms. The van der Waals surface area contributed by atoms with Crippen molar-refractivity contribution in [2.45, 2.75) is 30.9 Å². The predicted octanol–water partition coefficient (Wildman–Crippen LogP) is 2.20. The Morgan fingerprint density at radius 3 is 2.05 bits per heavy atom. The molecule has 1 heterocycles. The highest BCUT2D eigenvalue weighted by atomic mass is 19.4. The van der Waals surface area contributed by atoms with Crippen LogP contribution in [0.25, 0.3) is 0 Å². The van der Waals surface area contributed by atoms with E-state index in [2.05, 4.69) is 4.98 Å². The van der Waals surface area contributed by atoms with Gasteiger partial charge in [0.05, 0.1) is 5.56 Å². The second-order valence-electron chi connectivity index (χ2n) is 3.97. The average molecular weight is 288 g/mol. The summed E-state index contributed by atoms with van der Waals surface area (Å²) in [7, 11) is 0. The fraction of sp³-hybridized carbons (Fsp3) is 0.500. The Morgan fingerprint density at radius 1 is 1.16 bits per heavy atom. The normalized spacial score (nSPS) is 17.9. The lowest BCUT2D eigenvalue weighted by Crippen LogP contribution is -2.55. The minimum atomic E-state index is -5.37. The Morgan fingerprint density at radius 2 is 1.68 bits per heavy atom. The number of hydrogen-bond acceptors (Lipinski definition) is 3. The van der Waals surface area contributed by atoms with Gasteiger partial charge in [-0.05, 0) is 13.0 Å². The summed E-state index contributed by atoms with van der Waals surface area (Å²) >= 11 is 0. The smallest absolute Gasteiger partial charge is 0.375 e. The maximum absolute atomic E-state index is 12.9. The Labute approximate surface area is 104 Å². The molecule has 9 heteroatoms. The highest BCUT2D eigenvalue weighted by Crippen LogP contribution is 2.45. The monoisotopic (exact) mass is 288 g/mol. The highest BCUT2D eigenvalue weighted by Gasteiger charge is 2.60. The second-order valence-corrected chi connectivity index (χ2v) is 3.97. The van der Waals surface area contributed by atoms with Gasteiger partial charge in [0.15, 0.2) is 0 Å². The summed E-state index contributed by atoms with van der Waals surface area (Å²) in [6.07, 6.45) is -9.43. The van der Waals surface area contributed by atoms with E-state index in [4.69, 9.17) is 5.73 Å². The van der Waals surface area contributed by atoms with E-state index in [-0.39, 0.29) is 0 Å². The van der Waals surface area contributed by atoms with Crippen LogP contribution in [0.5, 0.6) is 0 Å². The third kappa shape index (κ3) is 2.66. The lowest BCUT2D eigenvalue weighted by atomic mass is 9.85. The Balaban J connectivity index is 3.59. The zero-order valence-corrected chi connectivity index (χ0v) is 9.55. The van der Waals surface area contributed by atoms with Crippen molar-refractivity contribution in [3.63, 3.8) is 0 Å². The van der Waals surface area contributed by atoms with E-state index in [9.17, 15) is 31.4 Å². The summed E-state index contributed by atoms with van der Waals surface area (Å²) in [5.41, 5.74) is -1.83. The fourth-order valence-corrected chi connectivity index (χ4v) is 1.60. The van der Waals surface area contributed by atoms with Gasteiger partial charge in [-0.1, -0.05) is 0 Å². The maximum atomic E-state index is 12.9. The van der Waals surface area contributed by atoms with Crippen LogP contribution >= 0.6 is 0 Å². The molecule has 0 aromatic carbocycles. The molecular weight excluding hydrogens is 278 g/mol. The number of halogens is 6. The molecule has 0 radical (unpaired) electrons. The van der Waals surface area contributed by atoms with Gasteiger partial charge in [-0.3, -0.25) is 4.98 Å². The highest BCUT2D eigenvalue weighted by molar-refractivity contribution is 5.34. The van der Waals surface area contributed by atoms with Gasteiger partial charge >= 0.3 is 12.4 Å². The van der Waals surface area contributed by atoms with Crippen LogP contribution in [0.4, 0.5) is 26.3 Å². The molecule has 2 unspecified atom stereocenters. The fourth-order valence-electron chi connectivity index (χ4n) is 1.60. The summed E-state index contributed by atoms with van der Waals surface area (Å²) in [5, 5.41) is 9.65. The van der Waals surface area contributed by atoms with Crippen molar-refractivity contribution in [3.05, 3.63) is 29.6 Å². The van der Waals surface area contributed by atoms with E-state index in [0.717, 1.165) is 6.92 Å². The molecular formula is C10H10F6N2O. The molecule has 0 saturated heterocycles. The van der Waals surface area contributed by atoms with Gasteiger partial charge in [-0.2, -0.15) is 26.3 Å². The number of nitrogens with zero attached hydrogens (tertiary/aromatic N) is 1. The number of rotatable bonds is 2. The second kappa shape index (κ2) is 4.64. The molecule has 3 nitrogen and oxygen atoms in total. The minimum absolute atomic E-state index is 0.319. The maximum Gasteiger partial charge on any atom is 0.423 e. The van der Waals surface area contributed by atoms with Gasteiger partial charge < -0.3 is 10.8 Å². The molecule has 0 spiro atoms. The number of aliphatic hydroxyl groups is 1. The molecule has 108 valence electrons. The van der Waals surface area contributed by atoms with Crippen LogP contribution in [0.15, 0.2) is 18.5 Å². The van der Waals surface area contributed by atoms with Crippen molar-refractivity contribution in [1.29, 1.82) is 0 Å². The van der Waals surface area contributed by atoms with E-state index >= 15 is 0 Å². The van der Waals surface area contributed by atoms with E-state index in [0.29, 0.717) is 18.5 Å². The largest absolute Gasteiger partial charge is 0.423 e. The first-order valence-corrected chi connectivity index (χ1v) is 4.98. The number of aromatic nitrogens is 1. The molecule has 0 saturated carbocycles. The number of alkyl halides is 6. The van der Waals surface area contributed by atoms with Gasteiger partial charge in [-0.25, -0.2) is 0 Å². The van der Waals surface area contributed by atoms with Crippen molar-refractivity contribution in [1.82, 2.24) is 4.98 Å². The summed E-state index contributed by atoms with van der Waals surface area (Å²) in [6.45, 7) is 0.765. The van der Waals surface area contributed by atoms with Gasteiger partial charge in [-0.15, -0.1) is 0 Å². The van der Waals surface area contributed by atoms with Crippen LogP contribution in [0, 0.1) is 0 Å². The van der Waals surface area contributed by atoms with Gasteiger partial charge in [0, 0.05) is 24.0 Å². The molecule has 2 atom stereocenters. The minimum Gasteiger partial charge on any atom is -0.375 e. The molecule has 0 aliphatic heterocycles.